The molecule has 0 aromatic heterocycles. The van der Waals surface area contributed by atoms with Gasteiger partial charge in [0.1, 0.15) is 5.75 Å². The van der Waals surface area contributed by atoms with Crippen molar-refractivity contribution in [2.75, 3.05) is 7.11 Å². The predicted molar refractivity (Wildman–Crippen MR) is 67.9 cm³/mol. The Hall–Kier alpha value is -1.06. The van der Waals surface area contributed by atoms with Crippen LogP contribution in [0.5, 0.6) is 5.75 Å². The van der Waals surface area contributed by atoms with E-state index in [0.29, 0.717) is 12.6 Å². The molecule has 94 valence electrons. The highest BCUT2D eigenvalue weighted by Crippen LogP contribution is 2.21. The van der Waals surface area contributed by atoms with E-state index in [0.717, 1.165) is 11.3 Å². The third-order valence-electron chi connectivity index (χ3n) is 3.25. The summed E-state index contributed by atoms with van der Waals surface area (Å²) in [4.78, 5) is 5.64. The molecule has 0 bridgehead atoms. The molecule has 1 fully saturated rings. The number of ether oxygens (including phenoxy) is 1. The fraction of sp³-hybridized carbons (Fsp3) is 0.571. The fourth-order valence-corrected chi connectivity index (χ4v) is 2.29. The summed E-state index contributed by atoms with van der Waals surface area (Å²) in [5, 5.41) is 0. The molecular formula is C14H21NO2. The minimum atomic E-state index is 0.394. The zero-order chi connectivity index (χ0) is 12.1. The summed E-state index contributed by atoms with van der Waals surface area (Å²) in [6.45, 7) is 2.78. The quantitative estimate of drug-likeness (QED) is 0.796. The van der Waals surface area contributed by atoms with Crippen LogP contribution in [0.3, 0.4) is 0 Å². The SMILES string of the molecule is COc1ccc(C)cc1CNOC1CCCC1. The highest BCUT2D eigenvalue weighted by molar-refractivity contribution is 5.36. The lowest BCUT2D eigenvalue weighted by molar-refractivity contribution is -0.0246. The van der Waals surface area contributed by atoms with Gasteiger partial charge in [0, 0.05) is 12.1 Å². The summed E-state index contributed by atoms with van der Waals surface area (Å²) in [6, 6.07) is 6.19. The summed E-state index contributed by atoms with van der Waals surface area (Å²) >= 11 is 0. The molecule has 1 saturated carbocycles. The lowest BCUT2D eigenvalue weighted by Crippen LogP contribution is -2.21. The Morgan fingerprint density at radius 3 is 2.76 bits per heavy atom. The van der Waals surface area contributed by atoms with Gasteiger partial charge in [-0.1, -0.05) is 30.5 Å². The molecule has 0 radical (unpaired) electrons. The first-order chi connectivity index (χ1) is 8.29. The maximum absolute atomic E-state index is 5.64. The maximum Gasteiger partial charge on any atom is 0.123 e. The van der Waals surface area contributed by atoms with E-state index < -0.39 is 0 Å². The molecule has 1 aliphatic carbocycles. The van der Waals surface area contributed by atoms with Crippen molar-refractivity contribution in [1.82, 2.24) is 5.48 Å². The molecule has 0 unspecified atom stereocenters. The number of benzene rings is 1. The van der Waals surface area contributed by atoms with E-state index in [2.05, 4.69) is 24.5 Å². The van der Waals surface area contributed by atoms with Crippen LogP contribution in [0.25, 0.3) is 0 Å². The van der Waals surface area contributed by atoms with Gasteiger partial charge in [0.25, 0.3) is 0 Å². The number of nitrogens with one attached hydrogen (secondary N) is 1. The smallest absolute Gasteiger partial charge is 0.123 e. The molecule has 3 heteroatoms. The van der Waals surface area contributed by atoms with Gasteiger partial charge < -0.3 is 4.74 Å². The van der Waals surface area contributed by atoms with E-state index in [-0.39, 0.29) is 0 Å². The number of hydrogen-bond donors (Lipinski definition) is 1. The second-order valence-corrected chi connectivity index (χ2v) is 4.66. The first-order valence-electron chi connectivity index (χ1n) is 6.31. The van der Waals surface area contributed by atoms with Gasteiger partial charge >= 0.3 is 0 Å². The fourth-order valence-electron chi connectivity index (χ4n) is 2.29. The Balaban J connectivity index is 1.86. The highest BCUT2D eigenvalue weighted by atomic mass is 16.7. The third-order valence-corrected chi connectivity index (χ3v) is 3.25. The molecule has 0 heterocycles. The third kappa shape index (κ3) is 3.45. The topological polar surface area (TPSA) is 30.5 Å². The molecule has 0 saturated heterocycles. The van der Waals surface area contributed by atoms with E-state index in [1.165, 1.54) is 31.2 Å². The Kier molecular flexibility index (Phi) is 4.40. The van der Waals surface area contributed by atoms with Crippen LogP contribution >= 0.6 is 0 Å². The molecule has 0 amide bonds. The van der Waals surface area contributed by atoms with Crippen molar-refractivity contribution in [3.63, 3.8) is 0 Å². The van der Waals surface area contributed by atoms with Crippen molar-refractivity contribution in [1.29, 1.82) is 0 Å². The molecular weight excluding hydrogens is 214 g/mol. The van der Waals surface area contributed by atoms with Crippen LogP contribution in [-0.2, 0) is 11.4 Å². The predicted octanol–water partition coefficient (Wildman–Crippen LogP) is 2.97. The second-order valence-electron chi connectivity index (χ2n) is 4.66. The van der Waals surface area contributed by atoms with Gasteiger partial charge in [-0.05, 0) is 25.8 Å². The van der Waals surface area contributed by atoms with E-state index in [9.17, 15) is 0 Å². The standard InChI is InChI=1S/C14H21NO2/c1-11-7-8-14(16-2)12(9-11)10-15-17-13-5-3-4-6-13/h7-9,13,15H,3-6,10H2,1-2H3. The minimum absolute atomic E-state index is 0.394. The molecule has 2 rings (SSSR count). The van der Waals surface area contributed by atoms with Crippen molar-refractivity contribution >= 4 is 0 Å². The van der Waals surface area contributed by atoms with Crippen LogP contribution in [0, 0.1) is 6.92 Å². The summed E-state index contributed by atoms with van der Waals surface area (Å²) in [5.41, 5.74) is 5.45. The van der Waals surface area contributed by atoms with Gasteiger partial charge in [0.2, 0.25) is 0 Å². The van der Waals surface area contributed by atoms with Gasteiger partial charge in [-0.2, -0.15) is 5.48 Å². The Labute approximate surface area is 103 Å². The van der Waals surface area contributed by atoms with Crippen LogP contribution in [0.1, 0.15) is 36.8 Å². The van der Waals surface area contributed by atoms with E-state index in [1.54, 1.807) is 7.11 Å². The average Bonchev–Trinajstić information content (AvgIpc) is 2.82. The monoisotopic (exact) mass is 235 g/mol. The van der Waals surface area contributed by atoms with E-state index in [4.69, 9.17) is 9.57 Å². The van der Waals surface area contributed by atoms with Gasteiger partial charge in [0.15, 0.2) is 0 Å². The number of methoxy groups -OCH3 is 1. The highest BCUT2D eigenvalue weighted by Gasteiger charge is 2.15. The van der Waals surface area contributed by atoms with Gasteiger partial charge in [-0.3, -0.25) is 4.84 Å². The summed E-state index contributed by atoms with van der Waals surface area (Å²) in [6.07, 6.45) is 5.33. The Morgan fingerprint density at radius 2 is 2.06 bits per heavy atom. The molecule has 3 nitrogen and oxygen atoms in total. The molecule has 17 heavy (non-hydrogen) atoms. The van der Waals surface area contributed by atoms with Crippen molar-refractivity contribution < 1.29 is 9.57 Å². The van der Waals surface area contributed by atoms with Crippen molar-refractivity contribution in [2.24, 2.45) is 0 Å². The van der Waals surface area contributed by atoms with E-state index >= 15 is 0 Å². The number of aryl methyl sites for hydroxylation is 1. The lowest BCUT2D eigenvalue weighted by atomic mass is 10.1. The van der Waals surface area contributed by atoms with Crippen molar-refractivity contribution in [3.05, 3.63) is 29.3 Å². The van der Waals surface area contributed by atoms with Crippen LogP contribution in [0.15, 0.2) is 18.2 Å². The Bertz CT molecular complexity index is 359. The normalized spacial score (nSPS) is 16.4. The maximum atomic E-state index is 5.64. The van der Waals surface area contributed by atoms with Crippen molar-refractivity contribution in [2.45, 2.75) is 45.3 Å². The molecule has 0 spiro atoms. The first-order valence-corrected chi connectivity index (χ1v) is 6.31. The molecule has 1 N–H and O–H groups in total. The lowest BCUT2D eigenvalue weighted by Gasteiger charge is -2.14. The number of rotatable bonds is 5. The van der Waals surface area contributed by atoms with Gasteiger partial charge in [-0.25, -0.2) is 0 Å². The zero-order valence-corrected chi connectivity index (χ0v) is 10.7. The van der Waals surface area contributed by atoms with Gasteiger partial charge in [0.05, 0.1) is 13.2 Å². The average molecular weight is 235 g/mol. The van der Waals surface area contributed by atoms with Crippen LogP contribution in [0.2, 0.25) is 0 Å². The molecule has 1 aromatic carbocycles. The zero-order valence-electron chi connectivity index (χ0n) is 10.7. The summed E-state index contributed by atoms with van der Waals surface area (Å²) in [5.74, 6) is 0.915. The first kappa shape index (κ1) is 12.4. The second kappa shape index (κ2) is 6.03. The Morgan fingerprint density at radius 1 is 1.29 bits per heavy atom. The van der Waals surface area contributed by atoms with Crippen molar-refractivity contribution in [3.8, 4) is 5.75 Å². The number of hydroxylamine groups is 1. The van der Waals surface area contributed by atoms with Gasteiger partial charge in [-0.15, -0.1) is 0 Å². The summed E-state index contributed by atoms with van der Waals surface area (Å²) in [7, 11) is 1.70. The molecule has 1 aliphatic rings. The van der Waals surface area contributed by atoms with Crippen LogP contribution in [-0.4, -0.2) is 13.2 Å². The number of hydrogen-bond acceptors (Lipinski definition) is 3. The molecule has 0 atom stereocenters. The molecule has 0 aliphatic heterocycles. The van der Waals surface area contributed by atoms with E-state index in [1.807, 2.05) is 6.07 Å². The minimum Gasteiger partial charge on any atom is -0.496 e. The van der Waals surface area contributed by atoms with Crippen LogP contribution < -0.4 is 10.2 Å². The molecule has 1 aromatic rings. The largest absolute Gasteiger partial charge is 0.496 e. The summed E-state index contributed by atoms with van der Waals surface area (Å²) < 4.78 is 5.33. The van der Waals surface area contributed by atoms with Crippen LogP contribution in [0.4, 0.5) is 0 Å².